The van der Waals surface area contributed by atoms with Gasteiger partial charge in [-0.05, 0) is 69.4 Å². The summed E-state index contributed by atoms with van der Waals surface area (Å²) in [6, 6.07) is 9.76. The molecule has 0 aromatic heterocycles. The summed E-state index contributed by atoms with van der Waals surface area (Å²) in [5, 5.41) is 23.3. The van der Waals surface area contributed by atoms with Crippen molar-refractivity contribution >= 4 is 57.3 Å². The zero-order valence-electron chi connectivity index (χ0n) is 10.5. The second-order valence-electron chi connectivity index (χ2n) is 4.04. The highest BCUT2D eigenvalue weighted by atomic mass is 127. The Balaban J connectivity index is 2.13. The van der Waals surface area contributed by atoms with E-state index in [0.717, 1.165) is 3.57 Å². The third kappa shape index (κ3) is 4.06. The molecular weight excluding hydrogens is 498 g/mol. The van der Waals surface area contributed by atoms with E-state index in [4.69, 9.17) is 0 Å². The average Bonchev–Trinajstić information content (AvgIpc) is 2.44. The van der Waals surface area contributed by atoms with E-state index in [9.17, 15) is 15.0 Å². The number of carbonyl (C=O) groups excluding carboxylic acids is 1. The van der Waals surface area contributed by atoms with Crippen molar-refractivity contribution in [2.45, 2.75) is 0 Å². The molecule has 0 aliphatic carbocycles. The van der Waals surface area contributed by atoms with Crippen LogP contribution in [0.1, 0.15) is 15.9 Å². The molecule has 108 valence electrons. The van der Waals surface area contributed by atoms with Crippen molar-refractivity contribution in [3.8, 4) is 11.5 Å². The van der Waals surface area contributed by atoms with Crippen molar-refractivity contribution in [3.63, 3.8) is 0 Å². The number of carbonyl (C=O) groups is 1. The van der Waals surface area contributed by atoms with Gasteiger partial charge in [0.15, 0.2) is 0 Å². The van der Waals surface area contributed by atoms with Gasteiger partial charge >= 0.3 is 0 Å². The molecule has 1 amide bonds. The minimum Gasteiger partial charge on any atom is -0.507 e. The van der Waals surface area contributed by atoms with Gasteiger partial charge in [-0.15, -0.1) is 0 Å². The van der Waals surface area contributed by atoms with Gasteiger partial charge in [-0.2, -0.15) is 5.10 Å². The predicted octanol–water partition coefficient (Wildman–Crippen LogP) is 3.07. The second kappa shape index (κ2) is 7.07. The second-order valence-corrected chi connectivity index (χ2v) is 6.45. The first-order valence-corrected chi connectivity index (χ1v) is 7.94. The largest absolute Gasteiger partial charge is 0.507 e. The van der Waals surface area contributed by atoms with Crippen LogP contribution in [0.25, 0.3) is 0 Å². The van der Waals surface area contributed by atoms with Crippen molar-refractivity contribution < 1.29 is 15.0 Å². The summed E-state index contributed by atoms with van der Waals surface area (Å²) in [5.41, 5.74) is 2.95. The molecular formula is C14H10I2N2O3. The fourth-order valence-electron chi connectivity index (χ4n) is 1.57. The summed E-state index contributed by atoms with van der Waals surface area (Å²) < 4.78 is 1.65. The predicted molar refractivity (Wildman–Crippen MR) is 96.7 cm³/mol. The Labute approximate surface area is 148 Å². The molecule has 0 atom stereocenters. The van der Waals surface area contributed by atoms with Gasteiger partial charge in [-0.25, -0.2) is 5.43 Å². The van der Waals surface area contributed by atoms with Crippen LogP contribution in [-0.2, 0) is 0 Å². The normalized spacial score (nSPS) is 10.8. The molecule has 3 N–H and O–H groups in total. The third-order valence-electron chi connectivity index (χ3n) is 2.58. The van der Waals surface area contributed by atoms with E-state index >= 15 is 0 Å². The Kier molecular flexibility index (Phi) is 5.39. The lowest BCUT2D eigenvalue weighted by atomic mass is 10.2. The van der Waals surface area contributed by atoms with Gasteiger partial charge in [0.25, 0.3) is 5.91 Å². The van der Waals surface area contributed by atoms with E-state index in [1.165, 1.54) is 18.3 Å². The zero-order chi connectivity index (χ0) is 15.4. The third-order valence-corrected chi connectivity index (χ3v) is 4.02. The molecule has 2 rings (SSSR count). The lowest BCUT2D eigenvalue weighted by Crippen LogP contribution is -2.17. The Hall–Kier alpha value is -1.36. The Bertz CT molecular complexity index is 717. The molecule has 0 heterocycles. The minimum absolute atomic E-state index is 0.108. The van der Waals surface area contributed by atoms with E-state index in [0.29, 0.717) is 9.13 Å². The first-order valence-electron chi connectivity index (χ1n) is 5.78. The van der Waals surface area contributed by atoms with Crippen molar-refractivity contribution in [3.05, 3.63) is 54.7 Å². The van der Waals surface area contributed by atoms with Crippen LogP contribution in [0.3, 0.4) is 0 Å². The van der Waals surface area contributed by atoms with Crippen molar-refractivity contribution in [1.29, 1.82) is 0 Å². The number of hydrogen-bond acceptors (Lipinski definition) is 4. The van der Waals surface area contributed by atoms with Crippen LogP contribution in [0.15, 0.2) is 41.5 Å². The number of nitrogens with zero attached hydrogens (tertiary/aromatic N) is 1. The molecule has 0 unspecified atom stereocenters. The van der Waals surface area contributed by atoms with E-state index in [-0.39, 0.29) is 17.1 Å². The molecule has 0 aliphatic heterocycles. The molecule has 21 heavy (non-hydrogen) atoms. The number of para-hydroxylation sites is 1. The van der Waals surface area contributed by atoms with Gasteiger partial charge in [-0.1, -0.05) is 12.1 Å². The maximum absolute atomic E-state index is 11.8. The summed E-state index contributed by atoms with van der Waals surface area (Å²) in [6.45, 7) is 0. The highest BCUT2D eigenvalue weighted by molar-refractivity contribution is 14.1. The highest BCUT2D eigenvalue weighted by Gasteiger charge is 2.09. The Morgan fingerprint density at radius 1 is 1.19 bits per heavy atom. The van der Waals surface area contributed by atoms with E-state index in [2.05, 4.69) is 33.1 Å². The monoisotopic (exact) mass is 508 g/mol. The van der Waals surface area contributed by atoms with E-state index in [1.54, 1.807) is 18.2 Å². The number of halogens is 2. The fourth-order valence-corrected chi connectivity index (χ4v) is 3.46. The van der Waals surface area contributed by atoms with Crippen molar-refractivity contribution in [2.75, 3.05) is 0 Å². The topological polar surface area (TPSA) is 81.9 Å². The quantitative estimate of drug-likeness (QED) is 0.339. The van der Waals surface area contributed by atoms with E-state index in [1.807, 2.05) is 28.7 Å². The SMILES string of the molecule is O=C(N/N=C/c1cc(I)cc(I)c1O)c1ccccc1O. The van der Waals surface area contributed by atoms with Gasteiger partial charge in [0.05, 0.1) is 15.3 Å². The van der Waals surface area contributed by atoms with Gasteiger partial charge in [-0.3, -0.25) is 4.79 Å². The number of nitrogens with one attached hydrogen (secondary N) is 1. The maximum atomic E-state index is 11.8. The number of hydrogen-bond donors (Lipinski definition) is 3. The molecule has 0 bridgehead atoms. The fraction of sp³-hybridized carbons (Fsp3) is 0. The van der Waals surface area contributed by atoms with Crippen LogP contribution < -0.4 is 5.43 Å². The number of aromatic hydroxyl groups is 2. The first kappa shape index (κ1) is 16.0. The van der Waals surface area contributed by atoms with Crippen LogP contribution in [0.5, 0.6) is 11.5 Å². The Morgan fingerprint density at radius 3 is 2.62 bits per heavy atom. The number of phenols is 2. The molecule has 0 aliphatic rings. The van der Waals surface area contributed by atoms with Gasteiger partial charge in [0, 0.05) is 9.13 Å². The van der Waals surface area contributed by atoms with Crippen LogP contribution in [0.2, 0.25) is 0 Å². The molecule has 0 radical (unpaired) electrons. The molecule has 0 saturated heterocycles. The minimum atomic E-state index is -0.524. The number of benzene rings is 2. The first-order chi connectivity index (χ1) is 9.99. The number of amides is 1. The molecule has 7 heteroatoms. The summed E-state index contributed by atoms with van der Waals surface area (Å²) in [5.74, 6) is -0.530. The molecule has 2 aromatic rings. The Morgan fingerprint density at radius 2 is 1.90 bits per heavy atom. The standard InChI is InChI=1S/C14H10I2N2O3/c15-9-5-8(13(20)11(16)6-9)7-17-18-14(21)10-3-1-2-4-12(10)19/h1-7,19-20H,(H,18,21)/b17-7+. The van der Waals surface area contributed by atoms with Crippen molar-refractivity contribution in [2.24, 2.45) is 5.10 Å². The van der Waals surface area contributed by atoms with Crippen LogP contribution in [0.4, 0.5) is 0 Å². The van der Waals surface area contributed by atoms with E-state index < -0.39 is 5.91 Å². The molecule has 0 fully saturated rings. The number of hydrazone groups is 1. The molecule has 0 spiro atoms. The average molecular weight is 508 g/mol. The van der Waals surface area contributed by atoms with Gasteiger partial charge < -0.3 is 10.2 Å². The molecule has 2 aromatic carbocycles. The van der Waals surface area contributed by atoms with Gasteiger partial charge in [0.1, 0.15) is 11.5 Å². The zero-order valence-corrected chi connectivity index (χ0v) is 14.9. The lowest BCUT2D eigenvalue weighted by molar-refractivity contribution is 0.0952. The molecule has 5 nitrogen and oxygen atoms in total. The summed E-state index contributed by atoms with van der Waals surface area (Å²) in [4.78, 5) is 11.8. The summed E-state index contributed by atoms with van der Waals surface area (Å²) >= 11 is 4.15. The van der Waals surface area contributed by atoms with Gasteiger partial charge in [0.2, 0.25) is 0 Å². The van der Waals surface area contributed by atoms with Crippen LogP contribution in [0, 0.1) is 7.14 Å². The lowest BCUT2D eigenvalue weighted by Gasteiger charge is -2.04. The maximum Gasteiger partial charge on any atom is 0.275 e. The number of phenolic OH excluding ortho intramolecular Hbond substituents is 2. The summed E-state index contributed by atoms with van der Waals surface area (Å²) in [7, 11) is 0. The summed E-state index contributed by atoms with van der Waals surface area (Å²) in [6.07, 6.45) is 1.36. The van der Waals surface area contributed by atoms with Crippen LogP contribution in [-0.4, -0.2) is 22.3 Å². The molecule has 0 saturated carbocycles. The number of rotatable bonds is 3. The smallest absolute Gasteiger partial charge is 0.275 e. The van der Waals surface area contributed by atoms with Crippen LogP contribution >= 0.6 is 45.2 Å². The van der Waals surface area contributed by atoms with Crippen molar-refractivity contribution in [1.82, 2.24) is 5.43 Å². The highest BCUT2D eigenvalue weighted by Crippen LogP contribution is 2.25.